The number of rotatable bonds is 8. The first-order chi connectivity index (χ1) is 29.7. The number of anilines is 3. The van der Waals surface area contributed by atoms with Gasteiger partial charge in [-0.25, -0.2) is 0 Å². The van der Waals surface area contributed by atoms with E-state index in [0.717, 1.165) is 56.0 Å². The minimum atomic E-state index is 0.859. The van der Waals surface area contributed by atoms with Crippen molar-refractivity contribution in [3.63, 3.8) is 0 Å². The minimum absolute atomic E-state index is 0.859. The molecule has 0 radical (unpaired) electrons. The van der Waals surface area contributed by atoms with Gasteiger partial charge >= 0.3 is 0 Å². The van der Waals surface area contributed by atoms with Gasteiger partial charge in [-0.1, -0.05) is 176 Å². The molecule has 0 unspecified atom stereocenters. The molecule has 0 aliphatic carbocycles. The van der Waals surface area contributed by atoms with Gasteiger partial charge in [0, 0.05) is 33.6 Å². The molecule has 0 atom stereocenters. The second kappa shape index (κ2) is 15.1. The number of nitrogens with zero attached hydrogens (tertiary/aromatic N) is 1. The van der Waals surface area contributed by atoms with Gasteiger partial charge in [-0.05, 0) is 121 Å². The van der Waals surface area contributed by atoms with Crippen molar-refractivity contribution in [2.24, 2.45) is 0 Å². The van der Waals surface area contributed by atoms with Gasteiger partial charge in [0.15, 0.2) is 0 Å². The lowest BCUT2D eigenvalue weighted by molar-refractivity contribution is 0.632. The van der Waals surface area contributed by atoms with Crippen LogP contribution in [-0.4, -0.2) is 0 Å². The molecule has 0 fully saturated rings. The van der Waals surface area contributed by atoms with Crippen LogP contribution in [0.2, 0.25) is 0 Å². The number of para-hydroxylation sites is 1. The Morgan fingerprint density at radius 1 is 0.267 bits per heavy atom. The fourth-order valence-corrected chi connectivity index (χ4v) is 8.60. The summed E-state index contributed by atoms with van der Waals surface area (Å²) in [5.41, 5.74) is 14.4. The molecule has 11 rings (SSSR count). The van der Waals surface area contributed by atoms with Crippen LogP contribution >= 0.6 is 0 Å². The Morgan fingerprint density at radius 3 is 1.38 bits per heavy atom. The third kappa shape index (κ3) is 6.61. The van der Waals surface area contributed by atoms with Crippen LogP contribution in [0.1, 0.15) is 0 Å². The fourth-order valence-electron chi connectivity index (χ4n) is 8.60. The van der Waals surface area contributed by atoms with Crippen molar-refractivity contribution in [3.8, 4) is 55.8 Å². The summed E-state index contributed by atoms with van der Waals surface area (Å²) in [5.74, 6) is 0.859. The average Bonchev–Trinajstić information content (AvgIpc) is 3.72. The molecule has 282 valence electrons. The summed E-state index contributed by atoms with van der Waals surface area (Å²) in [6.07, 6.45) is 0. The first-order valence-electron chi connectivity index (χ1n) is 20.5. The van der Waals surface area contributed by atoms with Gasteiger partial charge in [-0.2, -0.15) is 0 Å². The molecule has 1 aromatic heterocycles. The quantitative estimate of drug-likeness (QED) is 0.153. The van der Waals surface area contributed by atoms with E-state index in [1.165, 1.54) is 49.4 Å². The van der Waals surface area contributed by atoms with Crippen molar-refractivity contribution in [1.29, 1.82) is 0 Å². The molecule has 0 spiro atoms. The fraction of sp³-hybridized carbons (Fsp3) is 0. The Balaban J connectivity index is 0.997. The molecule has 0 aliphatic heterocycles. The van der Waals surface area contributed by atoms with E-state index < -0.39 is 0 Å². The summed E-state index contributed by atoms with van der Waals surface area (Å²) in [4.78, 5) is 2.34. The topological polar surface area (TPSA) is 16.4 Å². The minimum Gasteiger partial charge on any atom is -0.455 e. The maximum atomic E-state index is 6.69. The van der Waals surface area contributed by atoms with Crippen molar-refractivity contribution in [2.75, 3.05) is 4.90 Å². The Bertz CT molecular complexity index is 3310. The van der Waals surface area contributed by atoms with Crippen molar-refractivity contribution in [3.05, 3.63) is 237 Å². The van der Waals surface area contributed by atoms with Gasteiger partial charge in [0.05, 0.1) is 0 Å². The van der Waals surface area contributed by atoms with Gasteiger partial charge in [-0.15, -0.1) is 0 Å². The van der Waals surface area contributed by atoms with E-state index in [1.54, 1.807) is 0 Å². The number of fused-ring (bicyclic) bond motifs is 3. The van der Waals surface area contributed by atoms with Crippen LogP contribution in [0.3, 0.4) is 0 Å². The highest BCUT2D eigenvalue weighted by molar-refractivity contribution is 6.02. The van der Waals surface area contributed by atoms with E-state index in [4.69, 9.17) is 4.42 Å². The second-order valence-electron chi connectivity index (χ2n) is 15.4. The number of furan rings is 1. The molecule has 2 heteroatoms. The Kier molecular flexibility index (Phi) is 8.87. The Morgan fingerprint density at radius 2 is 0.733 bits per heavy atom. The highest BCUT2D eigenvalue weighted by Crippen LogP contribution is 2.44. The number of benzene rings is 10. The molecule has 1 heterocycles. The normalized spacial score (nSPS) is 11.3. The second-order valence-corrected chi connectivity index (χ2v) is 15.4. The third-order valence-electron chi connectivity index (χ3n) is 11.6. The smallest absolute Gasteiger partial charge is 0.143 e. The molecular formula is C58H39NO. The van der Waals surface area contributed by atoms with E-state index >= 15 is 0 Å². The zero-order valence-electron chi connectivity index (χ0n) is 32.9. The van der Waals surface area contributed by atoms with Crippen LogP contribution in [0.15, 0.2) is 241 Å². The van der Waals surface area contributed by atoms with Gasteiger partial charge in [0.1, 0.15) is 11.3 Å². The molecule has 0 saturated heterocycles. The van der Waals surface area contributed by atoms with E-state index in [-0.39, 0.29) is 0 Å². The summed E-state index contributed by atoms with van der Waals surface area (Å²) in [6.45, 7) is 0. The van der Waals surface area contributed by atoms with Crippen molar-refractivity contribution >= 4 is 49.6 Å². The lowest BCUT2D eigenvalue weighted by atomic mass is 9.97. The predicted octanol–water partition coefficient (Wildman–Crippen LogP) is 16.5. The van der Waals surface area contributed by atoms with Crippen LogP contribution in [0.5, 0.6) is 0 Å². The average molecular weight is 766 g/mol. The molecule has 0 amide bonds. The summed E-state index contributed by atoms with van der Waals surface area (Å²) >= 11 is 0. The van der Waals surface area contributed by atoms with Crippen molar-refractivity contribution < 1.29 is 4.42 Å². The SMILES string of the molecule is c1ccc(-c2c(-c3cccc(N(c4ccc(-c5cccc(-c6ccc7ccccc7c6)c5)cc4)c4ccc(-c5ccc6ccccc6c5)cc4)c3)oc3ccccc23)cc1. The van der Waals surface area contributed by atoms with Crippen molar-refractivity contribution in [2.45, 2.75) is 0 Å². The summed E-state index contributed by atoms with van der Waals surface area (Å²) < 4.78 is 6.69. The molecule has 11 aromatic rings. The molecule has 0 aliphatic rings. The van der Waals surface area contributed by atoms with Crippen LogP contribution < -0.4 is 4.90 Å². The Hall–Kier alpha value is -7.94. The first kappa shape index (κ1) is 35.2. The maximum Gasteiger partial charge on any atom is 0.143 e. The van der Waals surface area contributed by atoms with E-state index in [1.807, 2.05) is 6.07 Å². The third-order valence-corrected chi connectivity index (χ3v) is 11.6. The summed E-state index contributed by atoms with van der Waals surface area (Å²) in [6, 6.07) is 84.8. The van der Waals surface area contributed by atoms with E-state index in [9.17, 15) is 0 Å². The zero-order valence-corrected chi connectivity index (χ0v) is 32.9. The highest BCUT2D eigenvalue weighted by atomic mass is 16.3. The van der Waals surface area contributed by atoms with E-state index in [2.05, 4.69) is 235 Å². The van der Waals surface area contributed by atoms with Gasteiger partial charge in [0.2, 0.25) is 0 Å². The first-order valence-corrected chi connectivity index (χ1v) is 20.5. The lowest BCUT2D eigenvalue weighted by Crippen LogP contribution is -2.10. The largest absolute Gasteiger partial charge is 0.455 e. The van der Waals surface area contributed by atoms with Crippen LogP contribution in [0, 0.1) is 0 Å². The summed E-state index contributed by atoms with van der Waals surface area (Å²) in [5, 5.41) is 6.08. The summed E-state index contributed by atoms with van der Waals surface area (Å²) in [7, 11) is 0. The zero-order chi connectivity index (χ0) is 39.8. The van der Waals surface area contributed by atoms with Crippen LogP contribution in [-0.2, 0) is 0 Å². The standard InChI is InChI=1S/C58H39NO/c1-2-14-44(15-3-1)57-55-22-8-9-23-56(55)60-58(57)51-20-11-21-54(39-51)59(53-34-30-43(31-35-53)49-26-24-40-12-4-6-16-45(40)37-49)52-32-28-42(29-33-52)47-18-10-19-48(36-47)50-27-25-41-13-5-7-17-46(41)38-50/h1-39H. The molecule has 2 nitrogen and oxygen atoms in total. The van der Waals surface area contributed by atoms with Crippen molar-refractivity contribution in [1.82, 2.24) is 0 Å². The Labute approximate surface area is 349 Å². The van der Waals surface area contributed by atoms with Gasteiger partial charge in [-0.3, -0.25) is 0 Å². The van der Waals surface area contributed by atoms with Gasteiger partial charge < -0.3 is 9.32 Å². The molecule has 0 N–H and O–H groups in total. The molecule has 60 heavy (non-hydrogen) atoms. The van der Waals surface area contributed by atoms with Crippen LogP contribution in [0.25, 0.3) is 88.3 Å². The molecule has 10 aromatic carbocycles. The number of hydrogen-bond acceptors (Lipinski definition) is 2. The molecule has 0 bridgehead atoms. The molecular weight excluding hydrogens is 727 g/mol. The number of hydrogen-bond donors (Lipinski definition) is 0. The predicted molar refractivity (Wildman–Crippen MR) is 253 cm³/mol. The van der Waals surface area contributed by atoms with Crippen LogP contribution in [0.4, 0.5) is 17.1 Å². The van der Waals surface area contributed by atoms with E-state index in [0.29, 0.717) is 0 Å². The molecule has 0 saturated carbocycles. The monoisotopic (exact) mass is 765 g/mol. The van der Waals surface area contributed by atoms with Gasteiger partial charge in [0.25, 0.3) is 0 Å². The lowest BCUT2D eigenvalue weighted by Gasteiger charge is -2.26. The highest BCUT2D eigenvalue weighted by Gasteiger charge is 2.20. The maximum absolute atomic E-state index is 6.69.